The van der Waals surface area contributed by atoms with Crippen molar-refractivity contribution < 1.29 is 19.1 Å². The lowest BCUT2D eigenvalue weighted by Crippen LogP contribution is -2.56. The van der Waals surface area contributed by atoms with Crippen LogP contribution in [0.1, 0.15) is 18.4 Å². The van der Waals surface area contributed by atoms with Gasteiger partial charge in [-0.05, 0) is 17.7 Å². The second kappa shape index (κ2) is 11.4. The number of hydrogen-bond donors (Lipinski definition) is 4. The number of amides is 3. The van der Waals surface area contributed by atoms with E-state index in [-0.39, 0.29) is 42.4 Å². The number of thioether (sulfide) groups is 1. The summed E-state index contributed by atoms with van der Waals surface area (Å²) >= 11 is 1.27. The normalized spacial score (nSPS) is 18.7. The van der Waals surface area contributed by atoms with Gasteiger partial charge in [-0.2, -0.15) is 0 Å². The zero-order valence-corrected chi connectivity index (χ0v) is 16.6. The Morgan fingerprint density at radius 3 is 2.93 bits per heavy atom. The topological polar surface area (TPSA) is 109 Å². The third kappa shape index (κ3) is 7.61. The Morgan fingerprint density at radius 2 is 2.18 bits per heavy atom. The van der Waals surface area contributed by atoms with Gasteiger partial charge in [0.1, 0.15) is 11.2 Å². The van der Waals surface area contributed by atoms with Gasteiger partial charge in [-0.3, -0.25) is 19.7 Å². The first-order chi connectivity index (χ1) is 13.5. The highest BCUT2D eigenvalue weighted by atomic mass is 32.2. The molecule has 2 atom stereocenters. The van der Waals surface area contributed by atoms with E-state index in [0.29, 0.717) is 13.1 Å². The number of hydrogen-bond acceptors (Lipinski definition) is 6. The highest BCUT2D eigenvalue weighted by Gasteiger charge is 2.27. The van der Waals surface area contributed by atoms with Gasteiger partial charge in [0.05, 0.1) is 12.9 Å². The van der Waals surface area contributed by atoms with Crippen LogP contribution in [-0.2, 0) is 20.9 Å². The first-order valence-electron chi connectivity index (χ1n) is 8.94. The van der Waals surface area contributed by atoms with Crippen molar-refractivity contribution in [2.24, 2.45) is 0 Å². The fourth-order valence-corrected chi connectivity index (χ4v) is 3.56. The molecule has 4 N–H and O–H groups in total. The molecular weight excluding hydrogens is 380 g/mol. The van der Waals surface area contributed by atoms with E-state index in [9.17, 15) is 14.4 Å². The third-order valence-electron chi connectivity index (χ3n) is 3.99. The second-order valence-electron chi connectivity index (χ2n) is 6.25. The van der Waals surface area contributed by atoms with Crippen molar-refractivity contribution in [3.05, 3.63) is 42.5 Å². The van der Waals surface area contributed by atoms with E-state index in [1.165, 1.54) is 11.8 Å². The second-order valence-corrected chi connectivity index (χ2v) is 7.34. The standard InChI is InChI=1S/C19H26N4O4S/c1-3-7-20-18(26)12-28-19-22-14(10-17(25)23-19)9-16(24)21-11-13-5-4-6-15(8-13)27-2/h3-6,8,14,19,22H,1,7,9-12H2,2H3,(H,20,26)(H,21,24)(H,23,25). The molecule has 0 spiro atoms. The molecule has 3 amide bonds. The van der Waals surface area contributed by atoms with Crippen molar-refractivity contribution in [2.75, 3.05) is 19.4 Å². The van der Waals surface area contributed by atoms with Crippen molar-refractivity contribution in [2.45, 2.75) is 30.9 Å². The Kier molecular flexibility index (Phi) is 8.83. The number of methoxy groups -OCH3 is 1. The number of nitrogens with one attached hydrogen (secondary N) is 4. The van der Waals surface area contributed by atoms with Gasteiger partial charge in [-0.1, -0.05) is 18.2 Å². The summed E-state index contributed by atoms with van der Waals surface area (Å²) in [6.45, 7) is 4.33. The predicted molar refractivity (Wildman–Crippen MR) is 109 cm³/mol. The molecule has 0 aliphatic carbocycles. The lowest BCUT2D eigenvalue weighted by molar-refractivity contribution is -0.125. The van der Waals surface area contributed by atoms with Gasteiger partial charge < -0.3 is 20.7 Å². The first-order valence-corrected chi connectivity index (χ1v) is 9.99. The van der Waals surface area contributed by atoms with Crippen molar-refractivity contribution in [3.63, 3.8) is 0 Å². The van der Waals surface area contributed by atoms with Crippen LogP contribution < -0.4 is 26.0 Å². The molecule has 8 nitrogen and oxygen atoms in total. The first kappa shape index (κ1) is 21.8. The minimum atomic E-state index is -0.410. The minimum absolute atomic E-state index is 0.140. The molecule has 152 valence electrons. The van der Waals surface area contributed by atoms with E-state index in [4.69, 9.17) is 4.74 Å². The summed E-state index contributed by atoms with van der Waals surface area (Å²) in [5.74, 6) is 0.491. The zero-order chi connectivity index (χ0) is 20.4. The third-order valence-corrected chi connectivity index (χ3v) is 5.01. The number of carbonyl (C=O) groups excluding carboxylic acids is 3. The summed E-state index contributed by atoms with van der Waals surface area (Å²) in [5, 5.41) is 11.5. The average molecular weight is 407 g/mol. The summed E-state index contributed by atoms with van der Waals surface area (Å²) in [5.41, 5.74) is 0.521. The minimum Gasteiger partial charge on any atom is -0.497 e. The Balaban J connectivity index is 1.76. The van der Waals surface area contributed by atoms with Crippen LogP contribution in [0.2, 0.25) is 0 Å². The van der Waals surface area contributed by atoms with E-state index in [1.54, 1.807) is 13.2 Å². The Morgan fingerprint density at radius 1 is 1.36 bits per heavy atom. The monoisotopic (exact) mass is 406 g/mol. The van der Waals surface area contributed by atoms with Gasteiger partial charge in [0.2, 0.25) is 17.7 Å². The molecule has 2 rings (SSSR count). The molecule has 2 unspecified atom stereocenters. The van der Waals surface area contributed by atoms with Gasteiger partial charge in [0, 0.05) is 32.0 Å². The van der Waals surface area contributed by atoms with Gasteiger partial charge in [-0.15, -0.1) is 18.3 Å². The van der Waals surface area contributed by atoms with Crippen molar-refractivity contribution in [3.8, 4) is 5.75 Å². The summed E-state index contributed by atoms with van der Waals surface area (Å²) in [6, 6.07) is 7.18. The molecule has 1 aliphatic heterocycles. The van der Waals surface area contributed by atoms with Gasteiger partial charge in [-0.25, -0.2) is 0 Å². The van der Waals surface area contributed by atoms with Crippen molar-refractivity contribution in [1.82, 2.24) is 21.3 Å². The van der Waals surface area contributed by atoms with Gasteiger partial charge in [0.15, 0.2) is 0 Å². The number of rotatable bonds is 10. The molecule has 28 heavy (non-hydrogen) atoms. The predicted octanol–water partition coefficient (Wildman–Crippen LogP) is 0.499. The number of carbonyl (C=O) groups is 3. The van der Waals surface area contributed by atoms with Crippen LogP contribution in [0.3, 0.4) is 0 Å². The molecule has 1 aliphatic rings. The maximum absolute atomic E-state index is 12.2. The lowest BCUT2D eigenvalue weighted by Gasteiger charge is -2.30. The number of benzene rings is 1. The van der Waals surface area contributed by atoms with E-state index in [0.717, 1.165) is 11.3 Å². The molecule has 1 aromatic carbocycles. The summed E-state index contributed by atoms with van der Waals surface area (Å²) in [7, 11) is 1.59. The average Bonchev–Trinajstić information content (AvgIpc) is 2.69. The molecule has 0 saturated carbocycles. The smallest absolute Gasteiger partial charge is 0.230 e. The van der Waals surface area contributed by atoms with Crippen LogP contribution in [-0.4, -0.2) is 48.7 Å². The van der Waals surface area contributed by atoms with Crippen LogP contribution in [0, 0.1) is 0 Å². The molecule has 0 bridgehead atoms. The maximum Gasteiger partial charge on any atom is 0.230 e. The summed E-state index contributed by atoms with van der Waals surface area (Å²) in [4.78, 5) is 35.8. The van der Waals surface area contributed by atoms with Crippen LogP contribution >= 0.6 is 11.8 Å². The van der Waals surface area contributed by atoms with Crippen LogP contribution in [0.25, 0.3) is 0 Å². The molecule has 1 aromatic rings. The molecule has 0 aromatic heterocycles. The van der Waals surface area contributed by atoms with E-state index in [2.05, 4.69) is 27.8 Å². The largest absolute Gasteiger partial charge is 0.497 e. The molecule has 1 heterocycles. The zero-order valence-electron chi connectivity index (χ0n) is 15.8. The van der Waals surface area contributed by atoms with Gasteiger partial charge >= 0.3 is 0 Å². The van der Waals surface area contributed by atoms with Crippen molar-refractivity contribution >= 4 is 29.5 Å². The summed E-state index contributed by atoms with van der Waals surface area (Å²) in [6.07, 6.45) is 1.99. The number of ether oxygens (including phenoxy) is 1. The quantitative estimate of drug-likeness (QED) is 0.422. The van der Waals surface area contributed by atoms with Crippen molar-refractivity contribution in [1.29, 1.82) is 0 Å². The molecule has 9 heteroatoms. The van der Waals surface area contributed by atoms with Crippen LogP contribution in [0.15, 0.2) is 36.9 Å². The van der Waals surface area contributed by atoms with Gasteiger partial charge in [0.25, 0.3) is 0 Å². The molecule has 0 radical (unpaired) electrons. The maximum atomic E-state index is 12.2. The van der Waals surface area contributed by atoms with Crippen LogP contribution in [0.4, 0.5) is 0 Å². The van der Waals surface area contributed by atoms with E-state index in [1.807, 2.05) is 24.3 Å². The molecule has 1 fully saturated rings. The van der Waals surface area contributed by atoms with E-state index < -0.39 is 5.50 Å². The lowest BCUT2D eigenvalue weighted by atomic mass is 10.1. The molecule has 1 saturated heterocycles. The fraction of sp³-hybridized carbons (Fsp3) is 0.421. The SMILES string of the molecule is C=CCNC(=O)CSC1NC(=O)CC(CC(=O)NCc2cccc(OC)c2)N1. The van der Waals surface area contributed by atoms with Crippen LogP contribution in [0.5, 0.6) is 5.75 Å². The fourth-order valence-electron chi connectivity index (χ4n) is 2.64. The Hall–Kier alpha value is -2.52. The highest BCUT2D eigenvalue weighted by Crippen LogP contribution is 2.15. The highest BCUT2D eigenvalue weighted by molar-refractivity contribution is 8.00. The Bertz CT molecular complexity index is 713. The van der Waals surface area contributed by atoms with E-state index >= 15 is 0 Å². The summed E-state index contributed by atoms with van der Waals surface area (Å²) < 4.78 is 5.17. The Labute approximate surface area is 168 Å². The molecular formula is C19H26N4O4S.